The molecule has 0 aliphatic heterocycles. The Morgan fingerprint density at radius 3 is 2.47 bits per heavy atom. The van der Waals surface area contributed by atoms with Crippen molar-refractivity contribution in [2.45, 2.75) is 31.0 Å². The van der Waals surface area contributed by atoms with Crippen LogP contribution < -0.4 is 4.74 Å². The van der Waals surface area contributed by atoms with Gasteiger partial charge in [-0.15, -0.1) is 0 Å². The molecular formula is C13H12F3NO2. The van der Waals surface area contributed by atoms with Gasteiger partial charge in [-0.05, 0) is 31.4 Å². The molecule has 1 saturated carbocycles. The summed E-state index contributed by atoms with van der Waals surface area (Å²) in [6.07, 6.45) is -0.821. The van der Waals surface area contributed by atoms with Crippen LogP contribution in [0.5, 0.6) is 5.75 Å². The van der Waals surface area contributed by atoms with Crippen LogP contribution >= 0.6 is 0 Å². The summed E-state index contributed by atoms with van der Waals surface area (Å²) in [6.45, 7) is 0. The maximum Gasteiger partial charge on any atom is 0.416 e. The Bertz CT molecular complexity index is 529. The van der Waals surface area contributed by atoms with Gasteiger partial charge in [0.05, 0.1) is 12.7 Å². The molecule has 0 heterocycles. The van der Waals surface area contributed by atoms with Gasteiger partial charge in [0.15, 0.2) is 0 Å². The minimum absolute atomic E-state index is 0.105. The van der Waals surface area contributed by atoms with E-state index in [4.69, 9.17) is 4.74 Å². The first-order chi connectivity index (χ1) is 8.93. The highest BCUT2D eigenvalue weighted by molar-refractivity contribution is 5.47. The van der Waals surface area contributed by atoms with Crippen molar-refractivity contribution >= 4 is 6.08 Å². The lowest BCUT2D eigenvalue weighted by molar-refractivity contribution is -0.137. The van der Waals surface area contributed by atoms with Gasteiger partial charge in [-0.3, -0.25) is 0 Å². The Balaban J connectivity index is 2.50. The molecule has 6 heteroatoms. The minimum atomic E-state index is -4.42. The van der Waals surface area contributed by atoms with E-state index >= 15 is 0 Å². The number of hydrogen-bond donors (Lipinski definition) is 0. The van der Waals surface area contributed by atoms with E-state index < -0.39 is 17.3 Å². The normalized spacial score (nSPS) is 17.3. The highest BCUT2D eigenvalue weighted by Gasteiger charge is 2.42. The Morgan fingerprint density at radius 2 is 2.05 bits per heavy atom. The first-order valence-corrected chi connectivity index (χ1v) is 5.78. The van der Waals surface area contributed by atoms with E-state index in [9.17, 15) is 18.0 Å². The average molecular weight is 271 g/mol. The first-order valence-electron chi connectivity index (χ1n) is 5.78. The quantitative estimate of drug-likeness (QED) is 0.624. The van der Waals surface area contributed by atoms with Crippen molar-refractivity contribution in [3.8, 4) is 5.75 Å². The van der Waals surface area contributed by atoms with E-state index in [0.29, 0.717) is 18.4 Å². The Morgan fingerprint density at radius 1 is 1.37 bits per heavy atom. The summed E-state index contributed by atoms with van der Waals surface area (Å²) in [5, 5.41) is 0. The highest BCUT2D eigenvalue weighted by atomic mass is 19.4. The molecule has 0 saturated heterocycles. The zero-order valence-electron chi connectivity index (χ0n) is 10.3. The van der Waals surface area contributed by atoms with Gasteiger partial charge in [0, 0.05) is 5.56 Å². The fourth-order valence-corrected chi connectivity index (χ4v) is 2.29. The second kappa shape index (κ2) is 4.70. The molecule has 2 rings (SSSR count). The van der Waals surface area contributed by atoms with E-state index in [0.717, 1.165) is 18.6 Å². The van der Waals surface area contributed by atoms with E-state index in [-0.39, 0.29) is 5.75 Å². The molecule has 1 fully saturated rings. The summed E-state index contributed by atoms with van der Waals surface area (Å²) in [4.78, 5) is 14.3. The lowest BCUT2D eigenvalue weighted by Crippen LogP contribution is -2.32. The molecule has 1 aromatic carbocycles. The van der Waals surface area contributed by atoms with E-state index in [1.165, 1.54) is 19.3 Å². The van der Waals surface area contributed by atoms with Crippen molar-refractivity contribution in [1.29, 1.82) is 0 Å². The SMILES string of the molecule is COc1cc(C(F)(F)F)ccc1C1(N=C=O)CCC1. The van der Waals surface area contributed by atoms with Gasteiger partial charge in [-0.2, -0.15) is 18.2 Å². The van der Waals surface area contributed by atoms with Crippen LogP contribution in [0.3, 0.4) is 0 Å². The number of methoxy groups -OCH3 is 1. The number of isocyanates is 1. The predicted molar refractivity (Wildman–Crippen MR) is 61.6 cm³/mol. The van der Waals surface area contributed by atoms with Crippen molar-refractivity contribution in [2.24, 2.45) is 4.99 Å². The molecule has 0 unspecified atom stereocenters. The highest BCUT2D eigenvalue weighted by Crippen LogP contribution is 2.48. The Labute approximate surface area is 108 Å². The predicted octanol–water partition coefficient (Wildman–Crippen LogP) is 3.43. The van der Waals surface area contributed by atoms with Crippen LogP contribution in [0.25, 0.3) is 0 Å². The van der Waals surface area contributed by atoms with Crippen molar-refractivity contribution in [3.63, 3.8) is 0 Å². The lowest BCUT2D eigenvalue weighted by Gasteiger charge is -2.38. The Hall–Kier alpha value is -1.81. The van der Waals surface area contributed by atoms with Gasteiger partial charge in [-0.1, -0.05) is 6.07 Å². The third kappa shape index (κ3) is 2.36. The number of aliphatic imine (C=N–C) groups is 1. The zero-order chi connectivity index (χ0) is 14.1. The summed E-state index contributed by atoms with van der Waals surface area (Å²) in [7, 11) is 1.30. The number of alkyl halides is 3. The van der Waals surface area contributed by atoms with E-state index in [2.05, 4.69) is 4.99 Å². The summed E-state index contributed by atoms with van der Waals surface area (Å²) < 4.78 is 42.9. The second-order valence-electron chi connectivity index (χ2n) is 4.50. The van der Waals surface area contributed by atoms with Gasteiger partial charge in [0.2, 0.25) is 6.08 Å². The van der Waals surface area contributed by atoms with Crippen molar-refractivity contribution < 1.29 is 22.7 Å². The molecule has 0 bridgehead atoms. The molecule has 0 atom stereocenters. The molecule has 19 heavy (non-hydrogen) atoms. The van der Waals surface area contributed by atoms with E-state index in [1.54, 1.807) is 0 Å². The lowest BCUT2D eigenvalue weighted by atomic mass is 9.72. The molecule has 1 aliphatic rings. The van der Waals surface area contributed by atoms with E-state index in [1.807, 2.05) is 0 Å². The monoisotopic (exact) mass is 271 g/mol. The first kappa shape index (κ1) is 13.6. The van der Waals surface area contributed by atoms with Gasteiger partial charge >= 0.3 is 6.18 Å². The van der Waals surface area contributed by atoms with Crippen LogP contribution in [0.1, 0.15) is 30.4 Å². The largest absolute Gasteiger partial charge is 0.496 e. The third-order valence-corrected chi connectivity index (χ3v) is 3.47. The summed E-state index contributed by atoms with van der Waals surface area (Å²) in [5.74, 6) is 0.105. The number of carbonyl (C=O) groups excluding carboxylic acids is 1. The number of benzene rings is 1. The van der Waals surface area contributed by atoms with Crippen molar-refractivity contribution in [1.82, 2.24) is 0 Å². The smallest absolute Gasteiger partial charge is 0.416 e. The van der Waals surface area contributed by atoms with Crippen molar-refractivity contribution in [2.75, 3.05) is 7.11 Å². The standard InChI is InChI=1S/C13H12F3NO2/c1-19-11-7-9(13(14,15)16)3-4-10(11)12(17-8-18)5-2-6-12/h3-4,7H,2,5-6H2,1H3. The topological polar surface area (TPSA) is 38.7 Å². The fourth-order valence-electron chi connectivity index (χ4n) is 2.29. The summed E-state index contributed by atoms with van der Waals surface area (Å²) in [5.41, 5.74) is -1.03. The number of ether oxygens (including phenoxy) is 1. The molecule has 1 aliphatic carbocycles. The summed E-state index contributed by atoms with van der Waals surface area (Å²) in [6, 6.07) is 3.26. The minimum Gasteiger partial charge on any atom is -0.496 e. The zero-order valence-corrected chi connectivity index (χ0v) is 10.3. The molecule has 0 radical (unpaired) electrons. The molecule has 0 spiro atoms. The number of hydrogen-bond acceptors (Lipinski definition) is 3. The summed E-state index contributed by atoms with van der Waals surface area (Å²) >= 11 is 0. The second-order valence-corrected chi connectivity index (χ2v) is 4.50. The number of nitrogens with zero attached hydrogens (tertiary/aromatic N) is 1. The molecule has 0 amide bonds. The molecule has 0 N–H and O–H groups in total. The third-order valence-electron chi connectivity index (χ3n) is 3.47. The van der Waals surface area contributed by atoms with Crippen LogP contribution in [0, 0.1) is 0 Å². The molecular weight excluding hydrogens is 259 g/mol. The average Bonchev–Trinajstić information content (AvgIpc) is 2.32. The van der Waals surface area contributed by atoms with Crippen LogP contribution in [0.15, 0.2) is 23.2 Å². The van der Waals surface area contributed by atoms with Crippen molar-refractivity contribution in [3.05, 3.63) is 29.3 Å². The van der Waals surface area contributed by atoms with Crippen LogP contribution in [0.2, 0.25) is 0 Å². The fraction of sp³-hybridized carbons (Fsp3) is 0.462. The molecule has 0 aromatic heterocycles. The van der Waals surface area contributed by atoms with Crippen LogP contribution in [-0.4, -0.2) is 13.2 Å². The molecule has 1 aromatic rings. The van der Waals surface area contributed by atoms with Gasteiger partial charge in [0.1, 0.15) is 11.3 Å². The van der Waals surface area contributed by atoms with Gasteiger partial charge < -0.3 is 4.74 Å². The van der Waals surface area contributed by atoms with Crippen LogP contribution in [-0.2, 0) is 16.5 Å². The molecule has 3 nitrogen and oxygen atoms in total. The Kier molecular flexibility index (Phi) is 3.37. The maximum atomic E-state index is 12.6. The number of rotatable bonds is 3. The van der Waals surface area contributed by atoms with Gasteiger partial charge in [0.25, 0.3) is 0 Å². The number of halogens is 3. The van der Waals surface area contributed by atoms with Crippen LogP contribution in [0.4, 0.5) is 13.2 Å². The maximum absolute atomic E-state index is 12.6. The van der Waals surface area contributed by atoms with Gasteiger partial charge in [-0.25, -0.2) is 4.79 Å². The molecule has 102 valence electrons.